The van der Waals surface area contributed by atoms with E-state index in [9.17, 15) is 4.79 Å². The lowest BCUT2D eigenvalue weighted by Crippen LogP contribution is -2.08. The van der Waals surface area contributed by atoms with Crippen molar-refractivity contribution in [2.45, 2.75) is 38.9 Å². The van der Waals surface area contributed by atoms with Crippen LogP contribution in [-0.4, -0.2) is 17.2 Å². The highest BCUT2D eigenvalue weighted by Crippen LogP contribution is 2.35. The molecule has 1 aromatic rings. The van der Waals surface area contributed by atoms with Crippen molar-refractivity contribution < 1.29 is 14.6 Å². The molecule has 0 fully saturated rings. The number of fused-ring (bicyclic) bond motifs is 1. The zero-order valence-electron chi connectivity index (χ0n) is 9.56. The summed E-state index contributed by atoms with van der Waals surface area (Å²) in [5, 5.41) is 8.90. The molecule has 2 rings (SSSR count). The fourth-order valence-electron chi connectivity index (χ4n) is 2.18. The predicted octanol–water partition coefficient (Wildman–Crippen LogP) is 2.80. The Labute approximate surface area is 95.0 Å². The number of benzene rings is 1. The minimum Gasteiger partial charge on any atom is -0.478 e. The lowest BCUT2D eigenvalue weighted by atomic mass is 10.1. The van der Waals surface area contributed by atoms with E-state index >= 15 is 0 Å². The first kappa shape index (κ1) is 11.1. The van der Waals surface area contributed by atoms with Crippen LogP contribution in [0.25, 0.3) is 0 Å². The Bertz CT molecular complexity index is 410. The maximum Gasteiger partial charge on any atom is 0.335 e. The molecule has 1 aliphatic carbocycles. The summed E-state index contributed by atoms with van der Waals surface area (Å²) < 4.78 is 5.79. The highest BCUT2D eigenvalue weighted by molar-refractivity contribution is 5.88. The van der Waals surface area contributed by atoms with Crippen LogP contribution in [-0.2, 0) is 11.2 Å². The van der Waals surface area contributed by atoms with Gasteiger partial charge in [0.25, 0.3) is 0 Å². The van der Waals surface area contributed by atoms with E-state index in [1.165, 1.54) is 0 Å². The fraction of sp³-hybridized carbons (Fsp3) is 0.462. The lowest BCUT2D eigenvalue weighted by Gasteiger charge is -2.16. The Balaban J connectivity index is 2.25. The smallest absolute Gasteiger partial charge is 0.335 e. The summed E-state index contributed by atoms with van der Waals surface area (Å²) >= 11 is 0. The first-order chi connectivity index (χ1) is 7.58. The van der Waals surface area contributed by atoms with Crippen molar-refractivity contribution in [2.75, 3.05) is 0 Å². The highest BCUT2D eigenvalue weighted by atomic mass is 16.5. The van der Waals surface area contributed by atoms with E-state index in [4.69, 9.17) is 9.84 Å². The van der Waals surface area contributed by atoms with E-state index < -0.39 is 5.97 Å². The van der Waals surface area contributed by atoms with Crippen molar-refractivity contribution >= 4 is 5.97 Å². The number of aromatic carboxylic acids is 1. The van der Waals surface area contributed by atoms with Crippen LogP contribution in [0, 0.1) is 0 Å². The van der Waals surface area contributed by atoms with Crippen LogP contribution < -0.4 is 0 Å². The standard InChI is InChI=1S/C13H16O3/c1-8(2)16-12-6-4-9-7-10(13(14)15)3-5-11(9)12/h3,5,7-8,12H,4,6H2,1-2H3,(H,14,15)/t12-/m1/s1. The van der Waals surface area contributed by atoms with Crippen LogP contribution >= 0.6 is 0 Å². The van der Waals surface area contributed by atoms with Gasteiger partial charge in [0.2, 0.25) is 0 Å². The second-order valence-electron chi connectivity index (χ2n) is 4.43. The largest absolute Gasteiger partial charge is 0.478 e. The molecule has 86 valence electrons. The summed E-state index contributed by atoms with van der Waals surface area (Å²) in [6.45, 7) is 4.03. The van der Waals surface area contributed by atoms with E-state index in [1.54, 1.807) is 12.1 Å². The molecule has 1 aliphatic rings. The molecule has 0 spiro atoms. The van der Waals surface area contributed by atoms with Crippen LogP contribution in [0.3, 0.4) is 0 Å². The average Bonchev–Trinajstić information content (AvgIpc) is 2.60. The Morgan fingerprint density at radius 2 is 2.25 bits per heavy atom. The van der Waals surface area contributed by atoms with Gasteiger partial charge in [0.1, 0.15) is 0 Å². The minimum absolute atomic E-state index is 0.137. The molecule has 1 atom stereocenters. The van der Waals surface area contributed by atoms with E-state index in [0.29, 0.717) is 5.56 Å². The number of hydrogen-bond donors (Lipinski definition) is 1. The molecular weight excluding hydrogens is 204 g/mol. The molecule has 0 bridgehead atoms. The first-order valence-corrected chi connectivity index (χ1v) is 5.59. The van der Waals surface area contributed by atoms with Gasteiger partial charge in [0.05, 0.1) is 17.8 Å². The summed E-state index contributed by atoms with van der Waals surface area (Å²) in [6, 6.07) is 5.31. The van der Waals surface area contributed by atoms with Gasteiger partial charge in [-0.05, 0) is 49.9 Å². The molecule has 1 aromatic carbocycles. The van der Waals surface area contributed by atoms with Gasteiger partial charge in [-0.3, -0.25) is 0 Å². The van der Waals surface area contributed by atoms with Crippen LogP contribution in [0.15, 0.2) is 18.2 Å². The van der Waals surface area contributed by atoms with Crippen LogP contribution in [0.4, 0.5) is 0 Å². The molecule has 0 unspecified atom stereocenters. The van der Waals surface area contributed by atoms with E-state index in [2.05, 4.69) is 0 Å². The zero-order valence-corrected chi connectivity index (χ0v) is 9.56. The predicted molar refractivity (Wildman–Crippen MR) is 60.7 cm³/mol. The third-order valence-corrected chi connectivity index (χ3v) is 2.85. The molecule has 0 saturated carbocycles. The van der Waals surface area contributed by atoms with Gasteiger partial charge < -0.3 is 9.84 Å². The molecule has 1 N–H and O–H groups in total. The number of carboxylic acids is 1. The summed E-state index contributed by atoms with van der Waals surface area (Å²) in [7, 11) is 0. The molecule has 0 radical (unpaired) electrons. The van der Waals surface area contributed by atoms with Crippen molar-refractivity contribution in [3.8, 4) is 0 Å². The minimum atomic E-state index is -0.865. The number of rotatable bonds is 3. The molecular formula is C13H16O3. The zero-order chi connectivity index (χ0) is 11.7. The number of carboxylic acid groups (broad SMARTS) is 1. The second kappa shape index (κ2) is 4.26. The fourth-order valence-corrected chi connectivity index (χ4v) is 2.18. The molecule has 0 aliphatic heterocycles. The molecule has 3 heteroatoms. The summed E-state index contributed by atoms with van der Waals surface area (Å²) in [4.78, 5) is 10.8. The summed E-state index contributed by atoms with van der Waals surface area (Å²) in [6.07, 6.45) is 2.21. The molecule has 0 heterocycles. The molecule has 0 aromatic heterocycles. The van der Waals surface area contributed by atoms with E-state index in [0.717, 1.165) is 24.0 Å². The van der Waals surface area contributed by atoms with Gasteiger partial charge >= 0.3 is 5.97 Å². The Morgan fingerprint density at radius 1 is 1.50 bits per heavy atom. The molecule has 0 saturated heterocycles. The molecule has 0 amide bonds. The van der Waals surface area contributed by atoms with Gasteiger partial charge in [0, 0.05) is 0 Å². The number of aryl methyl sites for hydroxylation is 1. The summed E-state index contributed by atoms with van der Waals surface area (Å²) in [5.74, 6) is -0.865. The topological polar surface area (TPSA) is 46.5 Å². The second-order valence-corrected chi connectivity index (χ2v) is 4.43. The highest BCUT2D eigenvalue weighted by Gasteiger charge is 2.24. The van der Waals surface area contributed by atoms with Gasteiger partial charge in [-0.25, -0.2) is 4.79 Å². The Hall–Kier alpha value is -1.35. The lowest BCUT2D eigenvalue weighted by molar-refractivity contribution is 0.00788. The normalized spacial score (nSPS) is 18.8. The number of hydrogen-bond acceptors (Lipinski definition) is 2. The monoisotopic (exact) mass is 220 g/mol. The summed E-state index contributed by atoms with van der Waals surface area (Å²) in [5.41, 5.74) is 2.63. The maximum atomic E-state index is 10.8. The Kier molecular flexibility index (Phi) is 2.97. The van der Waals surface area contributed by atoms with Crippen molar-refractivity contribution in [1.82, 2.24) is 0 Å². The van der Waals surface area contributed by atoms with Crippen molar-refractivity contribution in [3.05, 3.63) is 34.9 Å². The number of carbonyl (C=O) groups is 1. The maximum absolute atomic E-state index is 10.8. The SMILES string of the molecule is CC(C)O[C@@H]1CCc2cc(C(=O)O)ccc21. The van der Waals surface area contributed by atoms with Crippen LogP contribution in [0.5, 0.6) is 0 Å². The molecule has 16 heavy (non-hydrogen) atoms. The van der Waals surface area contributed by atoms with Crippen LogP contribution in [0.2, 0.25) is 0 Å². The Morgan fingerprint density at radius 3 is 2.88 bits per heavy atom. The molecule has 3 nitrogen and oxygen atoms in total. The van der Waals surface area contributed by atoms with E-state index in [-0.39, 0.29) is 12.2 Å². The average molecular weight is 220 g/mol. The van der Waals surface area contributed by atoms with Gasteiger partial charge in [-0.15, -0.1) is 0 Å². The van der Waals surface area contributed by atoms with Crippen molar-refractivity contribution in [1.29, 1.82) is 0 Å². The van der Waals surface area contributed by atoms with Gasteiger partial charge in [-0.1, -0.05) is 6.07 Å². The van der Waals surface area contributed by atoms with E-state index in [1.807, 2.05) is 19.9 Å². The quantitative estimate of drug-likeness (QED) is 0.852. The van der Waals surface area contributed by atoms with Crippen molar-refractivity contribution in [3.63, 3.8) is 0 Å². The first-order valence-electron chi connectivity index (χ1n) is 5.59. The van der Waals surface area contributed by atoms with Gasteiger partial charge in [-0.2, -0.15) is 0 Å². The van der Waals surface area contributed by atoms with Gasteiger partial charge in [0.15, 0.2) is 0 Å². The number of ether oxygens (including phenoxy) is 1. The van der Waals surface area contributed by atoms with Crippen molar-refractivity contribution in [2.24, 2.45) is 0 Å². The van der Waals surface area contributed by atoms with Crippen LogP contribution in [0.1, 0.15) is 47.9 Å². The third kappa shape index (κ3) is 2.09. The third-order valence-electron chi connectivity index (χ3n) is 2.85.